The standard InChI is InChI=1S/C9H11F2NO2S/c1-15(13,14)5-9(12)6-2-3-7(10)8(11)4-6/h2-4,9H,5,12H2,1H3. The molecule has 0 aromatic heterocycles. The summed E-state index contributed by atoms with van der Waals surface area (Å²) >= 11 is 0. The second-order valence-electron chi connectivity index (χ2n) is 3.37. The van der Waals surface area contributed by atoms with Crippen molar-refractivity contribution in [3.63, 3.8) is 0 Å². The second-order valence-corrected chi connectivity index (χ2v) is 5.56. The molecule has 0 spiro atoms. The van der Waals surface area contributed by atoms with Gasteiger partial charge in [-0.3, -0.25) is 0 Å². The Morgan fingerprint density at radius 1 is 1.33 bits per heavy atom. The first-order valence-corrected chi connectivity index (χ1v) is 6.24. The Morgan fingerprint density at radius 2 is 1.93 bits per heavy atom. The van der Waals surface area contributed by atoms with Gasteiger partial charge in [0.05, 0.1) is 5.75 Å². The molecule has 1 atom stereocenters. The summed E-state index contributed by atoms with van der Waals surface area (Å²) in [6, 6.07) is 2.27. The van der Waals surface area contributed by atoms with Gasteiger partial charge >= 0.3 is 0 Å². The summed E-state index contributed by atoms with van der Waals surface area (Å²) in [5.41, 5.74) is 5.80. The monoisotopic (exact) mass is 235 g/mol. The van der Waals surface area contributed by atoms with Crippen LogP contribution in [0, 0.1) is 11.6 Å². The number of halogens is 2. The molecule has 0 bridgehead atoms. The average Bonchev–Trinajstić information content (AvgIpc) is 2.06. The van der Waals surface area contributed by atoms with Crippen LogP contribution in [0.3, 0.4) is 0 Å². The molecule has 1 rings (SSSR count). The zero-order valence-corrected chi connectivity index (χ0v) is 8.89. The molecule has 84 valence electrons. The third-order valence-electron chi connectivity index (χ3n) is 1.85. The molecular weight excluding hydrogens is 224 g/mol. The Bertz CT molecular complexity index is 459. The summed E-state index contributed by atoms with van der Waals surface area (Å²) in [5, 5.41) is 0. The number of nitrogens with two attached hydrogens (primary N) is 1. The van der Waals surface area contributed by atoms with Crippen LogP contribution in [0.15, 0.2) is 18.2 Å². The molecule has 0 radical (unpaired) electrons. The maximum Gasteiger partial charge on any atom is 0.159 e. The Hall–Kier alpha value is -1.01. The van der Waals surface area contributed by atoms with Gasteiger partial charge < -0.3 is 5.73 Å². The van der Waals surface area contributed by atoms with Crippen molar-refractivity contribution < 1.29 is 17.2 Å². The van der Waals surface area contributed by atoms with E-state index < -0.39 is 27.5 Å². The van der Waals surface area contributed by atoms with Crippen LogP contribution < -0.4 is 5.73 Å². The van der Waals surface area contributed by atoms with Gasteiger partial charge in [0.25, 0.3) is 0 Å². The van der Waals surface area contributed by atoms with E-state index in [0.717, 1.165) is 18.4 Å². The molecule has 1 unspecified atom stereocenters. The fraction of sp³-hybridized carbons (Fsp3) is 0.333. The van der Waals surface area contributed by atoms with Gasteiger partial charge in [-0.2, -0.15) is 0 Å². The van der Waals surface area contributed by atoms with Gasteiger partial charge in [0.2, 0.25) is 0 Å². The van der Waals surface area contributed by atoms with Crippen LogP contribution in [0.25, 0.3) is 0 Å². The van der Waals surface area contributed by atoms with E-state index in [4.69, 9.17) is 5.73 Å². The average molecular weight is 235 g/mol. The maximum absolute atomic E-state index is 12.8. The summed E-state index contributed by atoms with van der Waals surface area (Å²) in [4.78, 5) is 0. The van der Waals surface area contributed by atoms with Crippen LogP contribution in [0.5, 0.6) is 0 Å². The van der Waals surface area contributed by atoms with Gasteiger partial charge in [0.15, 0.2) is 11.6 Å². The molecule has 15 heavy (non-hydrogen) atoms. The minimum atomic E-state index is -3.24. The normalized spacial score (nSPS) is 13.9. The molecule has 0 aliphatic carbocycles. The van der Waals surface area contributed by atoms with E-state index in [0.29, 0.717) is 0 Å². The first-order chi connectivity index (χ1) is 6.79. The van der Waals surface area contributed by atoms with Crippen molar-refractivity contribution in [2.75, 3.05) is 12.0 Å². The lowest BCUT2D eigenvalue weighted by Gasteiger charge is -2.10. The zero-order chi connectivity index (χ0) is 11.6. The number of rotatable bonds is 3. The largest absolute Gasteiger partial charge is 0.323 e. The molecule has 0 amide bonds. The first-order valence-electron chi connectivity index (χ1n) is 4.18. The molecular formula is C9H11F2NO2S. The van der Waals surface area contributed by atoms with Crippen LogP contribution in [-0.4, -0.2) is 20.4 Å². The molecule has 2 N–H and O–H groups in total. The summed E-state index contributed by atoms with van der Waals surface area (Å²) in [5.74, 6) is -2.31. The zero-order valence-electron chi connectivity index (χ0n) is 8.07. The second kappa shape index (κ2) is 4.24. The number of sulfone groups is 1. The van der Waals surface area contributed by atoms with Gasteiger partial charge in [0.1, 0.15) is 9.84 Å². The van der Waals surface area contributed by atoms with Crippen LogP contribution in [0.4, 0.5) is 8.78 Å². The van der Waals surface area contributed by atoms with Crippen LogP contribution in [-0.2, 0) is 9.84 Å². The van der Waals surface area contributed by atoms with E-state index in [1.165, 1.54) is 6.07 Å². The molecule has 0 fully saturated rings. The molecule has 1 aromatic rings. The molecule has 1 aromatic carbocycles. The van der Waals surface area contributed by atoms with E-state index in [2.05, 4.69) is 0 Å². The third-order valence-corrected chi connectivity index (χ3v) is 2.82. The van der Waals surface area contributed by atoms with E-state index in [1.54, 1.807) is 0 Å². The minimum absolute atomic E-state index is 0.263. The predicted octanol–water partition coefficient (Wildman–Crippen LogP) is 1.01. The summed E-state index contributed by atoms with van der Waals surface area (Å²) in [7, 11) is -3.24. The van der Waals surface area contributed by atoms with Crippen molar-refractivity contribution in [3.8, 4) is 0 Å². The van der Waals surface area contributed by atoms with Crippen molar-refractivity contribution in [2.24, 2.45) is 5.73 Å². The fourth-order valence-corrected chi connectivity index (χ4v) is 2.01. The van der Waals surface area contributed by atoms with E-state index in [9.17, 15) is 17.2 Å². The van der Waals surface area contributed by atoms with E-state index in [1.807, 2.05) is 0 Å². The Morgan fingerprint density at radius 3 is 2.40 bits per heavy atom. The van der Waals surface area contributed by atoms with Crippen molar-refractivity contribution in [1.29, 1.82) is 0 Å². The Kier molecular flexibility index (Phi) is 3.41. The van der Waals surface area contributed by atoms with Crippen LogP contribution in [0.1, 0.15) is 11.6 Å². The van der Waals surface area contributed by atoms with Crippen molar-refractivity contribution in [1.82, 2.24) is 0 Å². The Labute approximate surface area is 86.8 Å². The molecule has 3 nitrogen and oxygen atoms in total. The SMILES string of the molecule is CS(=O)(=O)CC(N)c1ccc(F)c(F)c1. The number of hydrogen-bond acceptors (Lipinski definition) is 3. The molecule has 0 saturated carbocycles. The highest BCUT2D eigenvalue weighted by Gasteiger charge is 2.14. The van der Waals surface area contributed by atoms with Crippen molar-refractivity contribution >= 4 is 9.84 Å². The molecule has 6 heteroatoms. The van der Waals surface area contributed by atoms with E-state index >= 15 is 0 Å². The fourth-order valence-electron chi connectivity index (χ4n) is 1.17. The quantitative estimate of drug-likeness (QED) is 0.850. The topological polar surface area (TPSA) is 60.2 Å². The molecule has 0 aliphatic rings. The lowest BCUT2D eigenvalue weighted by Crippen LogP contribution is -2.21. The van der Waals surface area contributed by atoms with Crippen LogP contribution >= 0.6 is 0 Å². The van der Waals surface area contributed by atoms with Gasteiger partial charge in [0, 0.05) is 12.3 Å². The number of benzene rings is 1. The molecule has 0 aliphatic heterocycles. The van der Waals surface area contributed by atoms with Gasteiger partial charge in [-0.05, 0) is 17.7 Å². The maximum atomic E-state index is 12.8. The molecule has 0 saturated heterocycles. The van der Waals surface area contributed by atoms with Gasteiger partial charge in [-0.1, -0.05) is 6.07 Å². The smallest absolute Gasteiger partial charge is 0.159 e. The van der Waals surface area contributed by atoms with E-state index in [-0.39, 0.29) is 11.3 Å². The van der Waals surface area contributed by atoms with Crippen LogP contribution in [0.2, 0.25) is 0 Å². The molecule has 0 heterocycles. The summed E-state index contributed by atoms with van der Waals surface area (Å²) < 4.78 is 47.2. The van der Waals surface area contributed by atoms with Crippen molar-refractivity contribution in [3.05, 3.63) is 35.4 Å². The number of hydrogen-bond donors (Lipinski definition) is 1. The lowest BCUT2D eigenvalue weighted by atomic mass is 10.1. The highest BCUT2D eigenvalue weighted by molar-refractivity contribution is 7.90. The summed E-state index contributed by atoms with van der Waals surface area (Å²) in [6.07, 6.45) is 1.03. The lowest BCUT2D eigenvalue weighted by molar-refractivity contribution is 0.505. The van der Waals surface area contributed by atoms with Gasteiger partial charge in [-0.25, -0.2) is 17.2 Å². The highest BCUT2D eigenvalue weighted by atomic mass is 32.2. The van der Waals surface area contributed by atoms with Crippen molar-refractivity contribution in [2.45, 2.75) is 6.04 Å². The minimum Gasteiger partial charge on any atom is -0.323 e. The summed E-state index contributed by atoms with van der Waals surface area (Å²) in [6.45, 7) is 0. The predicted molar refractivity (Wildman–Crippen MR) is 53.0 cm³/mol. The third kappa shape index (κ3) is 3.56. The van der Waals surface area contributed by atoms with Gasteiger partial charge in [-0.15, -0.1) is 0 Å². The first kappa shape index (κ1) is 12.1. The highest BCUT2D eigenvalue weighted by Crippen LogP contribution is 2.15. The Balaban J connectivity index is 2.92.